The third-order valence-electron chi connectivity index (χ3n) is 6.82. The Bertz CT molecular complexity index is 687. The van der Waals surface area contributed by atoms with Crippen LogP contribution in [-0.2, 0) is 11.3 Å². The minimum absolute atomic E-state index is 0.146. The molecule has 0 aromatic heterocycles. The predicted octanol–water partition coefficient (Wildman–Crippen LogP) is 1.08. The summed E-state index contributed by atoms with van der Waals surface area (Å²) in [6.45, 7) is 4.44. The van der Waals surface area contributed by atoms with Crippen molar-refractivity contribution in [2.75, 3.05) is 26.2 Å². The summed E-state index contributed by atoms with van der Waals surface area (Å²) in [7, 11) is 0. The molecule has 0 bridgehead atoms. The van der Waals surface area contributed by atoms with Crippen LogP contribution in [0.25, 0.3) is 0 Å². The van der Waals surface area contributed by atoms with E-state index in [2.05, 4.69) is 10.6 Å². The molecule has 1 saturated carbocycles. The van der Waals surface area contributed by atoms with Crippen molar-refractivity contribution < 1.29 is 14.5 Å². The predicted molar refractivity (Wildman–Crippen MR) is 108 cm³/mol. The maximum absolute atomic E-state index is 13.5. The summed E-state index contributed by atoms with van der Waals surface area (Å²) >= 11 is 0. The van der Waals surface area contributed by atoms with Crippen LogP contribution >= 0.6 is 0 Å². The fraction of sp³-hybridized carbons (Fsp3) is 0.636. The molecule has 1 aliphatic carbocycles. The highest BCUT2D eigenvalue weighted by molar-refractivity contribution is 5.91. The number of nitrogens with zero attached hydrogens (tertiary/aromatic N) is 1. The number of benzene rings is 1. The Balaban J connectivity index is 1.40. The molecular weight excluding hydrogens is 352 g/mol. The van der Waals surface area contributed by atoms with E-state index in [1.54, 1.807) is 4.90 Å². The van der Waals surface area contributed by atoms with Gasteiger partial charge >= 0.3 is 6.03 Å². The van der Waals surface area contributed by atoms with Crippen LogP contribution in [0.15, 0.2) is 30.3 Å². The summed E-state index contributed by atoms with van der Waals surface area (Å²) in [6, 6.07) is 10.2. The molecule has 4 rings (SSSR count). The van der Waals surface area contributed by atoms with Crippen molar-refractivity contribution in [2.24, 2.45) is 0 Å². The molecule has 6 heteroatoms. The van der Waals surface area contributed by atoms with E-state index in [1.165, 1.54) is 19.4 Å². The van der Waals surface area contributed by atoms with Crippen molar-refractivity contribution in [2.45, 2.75) is 63.1 Å². The van der Waals surface area contributed by atoms with Crippen molar-refractivity contribution in [3.05, 3.63) is 35.9 Å². The molecule has 1 unspecified atom stereocenters. The van der Waals surface area contributed by atoms with Gasteiger partial charge < -0.3 is 20.4 Å². The summed E-state index contributed by atoms with van der Waals surface area (Å²) in [4.78, 5) is 29.9. The van der Waals surface area contributed by atoms with Crippen LogP contribution in [0.2, 0.25) is 0 Å². The zero-order chi connectivity index (χ0) is 19.4. The number of amides is 3. The fourth-order valence-electron chi connectivity index (χ4n) is 5.24. The summed E-state index contributed by atoms with van der Waals surface area (Å²) in [5.41, 5.74) is 0.330. The number of carbonyl (C=O) groups is 2. The first-order chi connectivity index (χ1) is 13.7. The summed E-state index contributed by atoms with van der Waals surface area (Å²) in [6.07, 6.45) is 7.14. The van der Waals surface area contributed by atoms with E-state index < -0.39 is 5.54 Å². The number of hydrogen-bond acceptors (Lipinski definition) is 2. The molecule has 6 nitrogen and oxygen atoms in total. The number of nitrogens with one attached hydrogen (secondary N) is 3. The minimum atomic E-state index is -0.727. The van der Waals surface area contributed by atoms with Gasteiger partial charge in [-0.3, -0.25) is 4.79 Å². The second-order valence-corrected chi connectivity index (χ2v) is 8.68. The van der Waals surface area contributed by atoms with Gasteiger partial charge in [-0.25, -0.2) is 4.79 Å². The fourth-order valence-corrected chi connectivity index (χ4v) is 5.24. The highest BCUT2D eigenvalue weighted by Gasteiger charge is 2.46. The third kappa shape index (κ3) is 4.17. The van der Waals surface area contributed by atoms with Crippen LogP contribution < -0.4 is 15.5 Å². The third-order valence-corrected chi connectivity index (χ3v) is 6.82. The lowest BCUT2D eigenvalue weighted by Crippen LogP contribution is -3.16. The van der Waals surface area contributed by atoms with Crippen molar-refractivity contribution in [3.8, 4) is 0 Å². The average Bonchev–Trinajstić information content (AvgIpc) is 3.21. The molecule has 2 aliphatic heterocycles. The number of urea groups is 1. The molecule has 1 aromatic carbocycles. The van der Waals surface area contributed by atoms with E-state index >= 15 is 0 Å². The van der Waals surface area contributed by atoms with E-state index in [9.17, 15) is 9.59 Å². The quantitative estimate of drug-likeness (QED) is 0.726. The maximum Gasteiger partial charge on any atom is 0.315 e. The van der Waals surface area contributed by atoms with Gasteiger partial charge in [-0.1, -0.05) is 49.6 Å². The van der Waals surface area contributed by atoms with Gasteiger partial charge in [0.05, 0.1) is 26.2 Å². The van der Waals surface area contributed by atoms with Crippen LogP contribution in [0.5, 0.6) is 0 Å². The summed E-state index contributed by atoms with van der Waals surface area (Å²) < 4.78 is 0. The zero-order valence-electron chi connectivity index (χ0n) is 16.7. The summed E-state index contributed by atoms with van der Waals surface area (Å²) in [5, 5.41) is 6.05. The van der Waals surface area contributed by atoms with E-state index in [1.807, 2.05) is 35.2 Å². The Morgan fingerprint density at radius 2 is 1.86 bits per heavy atom. The van der Waals surface area contributed by atoms with Crippen molar-refractivity contribution in [1.82, 2.24) is 15.5 Å². The molecule has 2 heterocycles. The smallest absolute Gasteiger partial charge is 0.315 e. The lowest BCUT2D eigenvalue weighted by Gasteiger charge is -2.43. The molecule has 28 heavy (non-hydrogen) atoms. The van der Waals surface area contributed by atoms with E-state index in [0.29, 0.717) is 12.6 Å². The number of fused-ring (bicyclic) bond motifs is 1. The number of piperazine rings is 1. The normalized spacial score (nSPS) is 26.4. The monoisotopic (exact) mass is 385 g/mol. The standard InChI is InChI=1S/C22H32N4O2/c27-20(26-15-14-25-13-7-10-19(25)17-26)22(11-5-2-6-12-22)24-21(28)23-16-18-8-3-1-4-9-18/h1,3-4,8-9,19H,2,5-7,10-17H2,(H2,23,24,28)/p+1/t19-/m1/s1. The molecule has 2 saturated heterocycles. The second-order valence-electron chi connectivity index (χ2n) is 8.68. The van der Waals surface area contributed by atoms with E-state index in [0.717, 1.165) is 57.3 Å². The Kier molecular flexibility index (Phi) is 5.85. The number of quaternary nitrogens is 1. The largest absolute Gasteiger partial charge is 0.334 e. The van der Waals surface area contributed by atoms with Gasteiger partial charge in [0.2, 0.25) is 5.91 Å². The second kappa shape index (κ2) is 8.52. The molecule has 1 aromatic rings. The Hall–Kier alpha value is -2.08. The maximum atomic E-state index is 13.5. The van der Waals surface area contributed by atoms with Crippen molar-refractivity contribution >= 4 is 11.9 Å². The van der Waals surface area contributed by atoms with E-state index in [4.69, 9.17) is 0 Å². The van der Waals surface area contributed by atoms with Crippen LogP contribution in [0.3, 0.4) is 0 Å². The molecule has 3 amide bonds. The van der Waals surface area contributed by atoms with Crippen molar-refractivity contribution in [1.29, 1.82) is 0 Å². The molecule has 2 atom stereocenters. The van der Waals surface area contributed by atoms with Crippen molar-refractivity contribution in [3.63, 3.8) is 0 Å². The SMILES string of the molecule is O=C(NCc1ccccc1)NC1(C(=O)N2CC[NH+]3CCC[C@@H]3C2)CCCCC1. The molecule has 3 fully saturated rings. The van der Waals surface area contributed by atoms with Gasteiger partial charge in [0.1, 0.15) is 11.6 Å². The highest BCUT2D eigenvalue weighted by atomic mass is 16.2. The lowest BCUT2D eigenvalue weighted by atomic mass is 9.80. The van der Waals surface area contributed by atoms with Gasteiger partial charge in [0, 0.05) is 19.4 Å². The highest BCUT2D eigenvalue weighted by Crippen LogP contribution is 2.30. The van der Waals surface area contributed by atoms with Crippen LogP contribution in [0.1, 0.15) is 50.5 Å². The first kappa shape index (κ1) is 19.2. The van der Waals surface area contributed by atoms with Gasteiger partial charge in [0.15, 0.2) is 0 Å². The van der Waals surface area contributed by atoms with Gasteiger partial charge in [0.25, 0.3) is 0 Å². The molecule has 0 radical (unpaired) electrons. The lowest BCUT2D eigenvalue weighted by molar-refractivity contribution is -0.916. The molecular formula is C22H33N4O2+. The van der Waals surface area contributed by atoms with Gasteiger partial charge in [-0.05, 0) is 18.4 Å². The topological polar surface area (TPSA) is 65.9 Å². The Labute approximate surface area is 167 Å². The Morgan fingerprint density at radius 3 is 2.64 bits per heavy atom. The molecule has 0 spiro atoms. The number of hydrogen-bond donors (Lipinski definition) is 3. The van der Waals surface area contributed by atoms with Gasteiger partial charge in [-0.2, -0.15) is 0 Å². The molecule has 152 valence electrons. The van der Waals surface area contributed by atoms with Gasteiger partial charge in [-0.15, -0.1) is 0 Å². The van der Waals surface area contributed by atoms with E-state index in [-0.39, 0.29) is 11.9 Å². The van der Waals surface area contributed by atoms with Crippen LogP contribution in [0, 0.1) is 0 Å². The average molecular weight is 386 g/mol. The van der Waals surface area contributed by atoms with Crippen LogP contribution in [0.4, 0.5) is 4.79 Å². The van der Waals surface area contributed by atoms with Crippen LogP contribution in [-0.4, -0.2) is 54.6 Å². The zero-order valence-corrected chi connectivity index (χ0v) is 16.7. The Morgan fingerprint density at radius 1 is 1.07 bits per heavy atom. The first-order valence-electron chi connectivity index (χ1n) is 10.9. The number of carbonyl (C=O) groups excluding carboxylic acids is 2. The minimum Gasteiger partial charge on any atom is -0.334 e. The molecule has 3 aliphatic rings. The number of rotatable bonds is 4. The molecule has 3 N–H and O–H groups in total. The first-order valence-corrected chi connectivity index (χ1v) is 10.9. The summed E-state index contributed by atoms with van der Waals surface area (Å²) in [5.74, 6) is 0.146.